The van der Waals surface area contributed by atoms with E-state index in [2.05, 4.69) is 0 Å². The third-order valence-electron chi connectivity index (χ3n) is 6.12. The molecule has 0 nitrogen and oxygen atoms in total. The van der Waals surface area contributed by atoms with Gasteiger partial charge < -0.3 is 0 Å². The second kappa shape index (κ2) is 8.81. The second-order valence-corrected chi connectivity index (χ2v) is 8.21. The molecule has 4 rings (SSSR count). The fraction of sp³-hybridized carbons (Fsp3) is 0.308. The highest BCUT2D eigenvalue weighted by molar-refractivity contribution is 5.67. The zero-order valence-corrected chi connectivity index (χ0v) is 17.3. The summed E-state index contributed by atoms with van der Waals surface area (Å²) in [4.78, 5) is 0. The minimum absolute atomic E-state index is 0.00525. The van der Waals surface area contributed by atoms with Gasteiger partial charge in [-0.2, -0.15) is 0 Å². The van der Waals surface area contributed by atoms with Crippen LogP contribution in [-0.2, 0) is 19.3 Å². The highest BCUT2D eigenvalue weighted by Gasteiger charge is 2.29. The highest BCUT2D eigenvalue weighted by Crippen LogP contribution is 2.40. The predicted molar refractivity (Wildman–Crippen MR) is 111 cm³/mol. The predicted octanol–water partition coefficient (Wildman–Crippen LogP) is 7.66. The largest absolute Gasteiger partial charge is 0.207 e. The van der Waals surface area contributed by atoms with Crippen LogP contribution in [0.15, 0.2) is 42.5 Å². The SMILES string of the molecule is CCCCc1cc(F)c(C2CCc3c(cc(F)c(-c4ccc(F)cc4)c3F)C2)c(F)c1. The van der Waals surface area contributed by atoms with Gasteiger partial charge in [-0.15, -0.1) is 0 Å². The van der Waals surface area contributed by atoms with Crippen LogP contribution in [0, 0.1) is 29.1 Å². The number of aryl methyl sites for hydroxylation is 1. The molecular weight excluding hydrogens is 407 g/mol. The molecule has 1 aliphatic carbocycles. The molecule has 3 aromatic rings. The van der Waals surface area contributed by atoms with E-state index in [1.807, 2.05) is 6.92 Å². The van der Waals surface area contributed by atoms with E-state index in [9.17, 15) is 17.6 Å². The Kier molecular flexibility index (Phi) is 6.12. The van der Waals surface area contributed by atoms with Gasteiger partial charge in [0.05, 0.1) is 5.56 Å². The summed E-state index contributed by atoms with van der Waals surface area (Å²) < 4.78 is 72.7. The number of fused-ring (bicyclic) bond motifs is 1. The molecule has 0 aromatic heterocycles. The molecule has 0 radical (unpaired) electrons. The van der Waals surface area contributed by atoms with Crippen LogP contribution >= 0.6 is 0 Å². The Bertz CT molecular complexity index is 1080. The van der Waals surface area contributed by atoms with Crippen LogP contribution in [0.25, 0.3) is 11.1 Å². The van der Waals surface area contributed by atoms with Gasteiger partial charge in [-0.1, -0.05) is 25.5 Å². The molecule has 0 saturated heterocycles. The van der Waals surface area contributed by atoms with Crippen molar-refractivity contribution in [2.75, 3.05) is 0 Å². The van der Waals surface area contributed by atoms with Gasteiger partial charge in [0.2, 0.25) is 0 Å². The van der Waals surface area contributed by atoms with Crippen molar-refractivity contribution in [3.8, 4) is 11.1 Å². The van der Waals surface area contributed by atoms with Gasteiger partial charge in [0, 0.05) is 5.56 Å². The summed E-state index contributed by atoms with van der Waals surface area (Å²) in [6.45, 7) is 2.01. The maximum absolute atomic E-state index is 15.2. The lowest BCUT2D eigenvalue weighted by molar-refractivity contribution is 0.477. The highest BCUT2D eigenvalue weighted by atomic mass is 19.1. The smallest absolute Gasteiger partial charge is 0.137 e. The number of rotatable bonds is 5. The maximum Gasteiger partial charge on any atom is 0.137 e. The Balaban J connectivity index is 1.66. The first-order valence-corrected chi connectivity index (χ1v) is 10.6. The van der Waals surface area contributed by atoms with Crippen molar-refractivity contribution in [2.24, 2.45) is 0 Å². The molecule has 0 heterocycles. The van der Waals surface area contributed by atoms with Crippen LogP contribution in [0.3, 0.4) is 0 Å². The van der Waals surface area contributed by atoms with Crippen LogP contribution in [0.4, 0.5) is 22.0 Å². The minimum Gasteiger partial charge on any atom is -0.207 e. The maximum atomic E-state index is 15.2. The molecule has 0 saturated carbocycles. The fourth-order valence-corrected chi connectivity index (χ4v) is 4.53. The monoisotopic (exact) mass is 430 g/mol. The first kappa shape index (κ1) is 21.5. The van der Waals surface area contributed by atoms with Crippen molar-refractivity contribution >= 4 is 0 Å². The van der Waals surface area contributed by atoms with E-state index in [1.54, 1.807) is 0 Å². The van der Waals surface area contributed by atoms with Gasteiger partial charge in [0.25, 0.3) is 0 Å². The van der Waals surface area contributed by atoms with Crippen LogP contribution in [-0.4, -0.2) is 0 Å². The number of benzene rings is 3. The van der Waals surface area contributed by atoms with Gasteiger partial charge in [-0.05, 0) is 90.6 Å². The topological polar surface area (TPSA) is 0 Å². The van der Waals surface area contributed by atoms with Crippen LogP contribution in [0.2, 0.25) is 0 Å². The van der Waals surface area contributed by atoms with Crippen LogP contribution in [0.1, 0.15) is 54.4 Å². The van der Waals surface area contributed by atoms with Gasteiger partial charge in [0.1, 0.15) is 29.1 Å². The summed E-state index contributed by atoms with van der Waals surface area (Å²) in [6.07, 6.45) is 3.17. The van der Waals surface area contributed by atoms with Gasteiger partial charge in [0.15, 0.2) is 0 Å². The van der Waals surface area contributed by atoms with E-state index in [0.717, 1.165) is 25.0 Å². The van der Waals surface area contributed by atoms with Gasteiger partial charge >= 0.3 is 0 Å². The third-order valence-corrected chi connectivity index (χ3v) is 6.12. The summed E-state index contributed by atoms with van der Waals surface area (Å²) in [5.41, 5.74) is 1.45. The molecular formula is C26H23F5. The standard InChI is InChI=1S/C26H23F5/c1-2-3-4-15-11-21(28)24(22(29)12-15)17-7-10-20-18(13-17)14-23(30)25(26(20)31)16-5-8-19(27)9-6-16/h5-6,8-9,11-12,14,17H,2-4,7,10,13H2,1H3. The number of hydrogen-bond donors (Lipinski definition) is 0. The van der Waals surface area contributed by atoms with E-state index < -0.39 is 35.0 Å². The number of hydrogen-bond acceptors (Lipinski definition) is 0. The van der Waals surface area contributed by atoms with Crippen molar-refractivity contribution in [3.05, 3.63) is 93.8 Å². The van der Waals surface area contributed by atoms with E-state index in [4.69, 9.17) is 0 Å². The van der Waals surface area contributed by atoms with Crippen molar-refractivity contribution in [2.45, 2.75) is 51.4 Å². The van der Waals surface area contributed by atoms with E-state index in [0.29, 0.717) is 29.5 Å². The molecule has 0 bridgehead atoms. The summed E-state index contributed by atoms with van der Waals surface area (Å²) in [6, 6.07) is 8.97. The number of halogens is 5. The molecule has 1 aliphatic rings. The lowest BCUT2D eigenvalue weighted by Crippen LogP contribution is -2.18. The lowest BCUT2D eigenvalue weighted by atomic mass is 9.78. The van der Waals surface area contributed by atoms with E-state index in [1.165, 1.54) is 30.3 Å². The molecule has 3 aromatic carbocycles. The Morgan fingerprint density at radius 2 is 1.55 bits per heavy atom. The number of unbranched alkanes of at least 4 members (excludes halogenated alkanes) is 1. The first-order chi connectivity index (χ1) is 14.9. The third kappa shape index (κ3) is 4.23. The zero-order valence-electron chi connectivity index (χ0n) is 17.3. The zero-order chi connectivity index (χ0) is 22.1. The Hall–Kier alpha value is -2.69. The Labute approximate surface area is 178 Å². The van der Waals surface area contributed by atoms with E-state index >= 15 is 4.39 Å². The molecule has 31 heavy (non-hydrogen) atoms. The van der Waals surface area contributed by atoms with Crippen LogP contribution < -0.4 is 0 Å². The molecule has 162 valence electrons. The molecule has 1 unspecified atom stereocenters. The van der Waals surface area contributed by atoms with Crippen molar-refractivity contribution in [1.82, 2.24) is 0 Å². The summed E-state index contributed by atoms with van der Waals surface area (Å²) in [5, 5.41) is 0. The van der Waals surface area contributed by atoms with Crippen molar-refractivity contribution in [3.63, 3.8) is 0 Å². The molecule has 5 heteroatoms. The van der Waals surface area contributed by atoms with Crippen LogP contribution in [0.5, 0.6) is 0 Å². The lowest BCUT2D eigenvalue weighted by Gasteiger charge is -2.27. The minimum atomic E-state index is -0.764. The summed E-state index contributed by atoms with van der Waals surface area (Å²) in [7, 11) is 0. The summed E-state index contributed by atoms with van der Waals surface area (Å²) >= 11 is 0. The summed E-state index contributed by atoms with van der Waals surface area (Å²) in [5.74, 6) is -3.61. The average Bonchev–Trinajstić information content (AvgIpc) is 2.73. The normalized spacial score (nSPS) is 15.7. The molecule has 0 amide bonds. The first-order valence-electron chi connectivity index (χ1n) is 10.6. The molecule has 0 aliphatic heterocycles. The quantitative estimate of drug-likeness (QED) is 0.365. The van der Waals surface area contributed by atoms with Gasteiger partial charge in [-0.25, -0.2) is 22.0 Å². The van der Waals surface area contributed by atoms with Crippen molar-refractivity contribution in [1.29, 1.82) is 0 Å². The van der Waals surface area contributed by atoms with E-state index in [-0.39, 0.29) is 29.5 Å². The second-order valence-electron chi connectivity index (χ2n) is 8.21. The average molecular weight is 430 g/mol. The van der Waals surface area contributed by atoms with Gasteiger partial charge in [-0.3, -0.25) is 0 Å². The molecule has 0 N–H and O–H groups in total. The molecule has 1 atom stereocenters. The Morgan fingerprint density at radius 3 is 2.19 bits per heavy atom. The molecule has 0 fully saturated rings. The molecule has 0 spiro atoms. The fourth-order valence-electron chi connectivity index (χ4n) is 4.53. The van der Waals surface area contributed by atoms with Crippen molar-refractivity contribution < 1.29 is 22.0 Å². The Morgan fingerprint density at radius 1 is 0.871 bits per heavy atom.